The summed E-state index contributed by atoms with van der Waals surface area (Å²) in [6.07, 6.45) is 1.09. The fraction of sp³-hybridized carbons (Fsp3) is 0.700. The number of hydrogen-bond donors (Lipinski definition) is 1. The first kappa shape index (κ1) is 13.4. The number of nitrogen functional groups attached to an aromatic ring is 1. The number of rotatable bonds is 6. The summed E-state index contributed by atoms with van der Waals surface area (Å²) >= 11 is 1.47. The monoisotopic (exact) mass is 247 g/mol. The van der Waals surface area contributed by atoms with Crippen molar-refractivity contribution < 1.29 is 18.8 Å². The topological polar surface area (TPSA) is 57.6 Å². The Hall–Kier alpha value is -0.690. The Bertz CT molecular complexity index is 319. The molecule has 1 aromatic rings. The van der Waals surface area contributed by atoms with E-state index in [9.17, 15) is 0 Å². The number of nitrogens with two attached hydrogens (primary N) is 1. The summed E-state index contributed by atoms with van der Waals surface area (Å²) in [5.74, 6) is 0. The van der Waals surface area contributed by atoms with Gasteiger partial charge in [-0.25, -0.2) is 0 Å². The van der Waals surface area contributed by atoms with Gasteiger partial charge in [0.15, 0.2) is 12.6 Å². The molecule has 92 valence electrons. The minimum atomic E-state index is -0.350. The van der Waals surface area contributed by atoms with Crippen LogP contribution in [0.15, 0.2) is 11.6 Å². The van der Waals surface area contributed by atoms with Crippen LogP contribution in [0.3, 0.4) is 0 Å². The van der Waals surface area contributed by atoms with E-state index in [1.54, 1.807) is 7.11 Å². The molecule has 6 heteroatoms. The Labute approximate surface area is 99.7 Å². The highest BCUT2D eigenvalue weighted by Gasteiger charge is 2.18. The first-order chi connectivity index (χ1) is 7.54. The van der Waals surface area contributed by atoms with Crippen molar-refractivity contribution in [2.45, 2.75) is 39.6 Å². The summed E-state index contributed by atoms with van der Waals surface area (Å²) in [7, 11) is 1.59. The zero-order valence-electron chi connectivity index (χ0n) is 10.0. The molecule has 0 radical (unpaired) electrons. The van der Waals surface area contributed by atoms with Gasteiger partial charge in [0.1, 0.15) is 6.20 Å². The molecule has 5 nitrogen and oxygen atoms in total. The van der Waals surface area contributed by atoms with Crippen molar-refractivity contribution in [2.24, 2.45) is 0 Å². The van der Waals surface area contributed by atoms with Gasteiger partial charge in [0.25, 0.3) is 0 Å². The van der Waals surface area contributed by atoms with Crippen molar-refractivity contribution in [3.05, 3.63) is 11.6 Å². The van der Waals surface area contributed by atoms with Gasteiger partial charge in [0.2, 0.25) is 6.23 Å². The van der Waals surface area contributed by atoms with E-state index in [1.165, 1.54) is 11.3 Å². The molecule has 1 aromatic heterocycles. The Morgan fingerprint density at radius 1 is 1.25 bits per heavy atom. The lowest BCUT2D eigenvalue weighted by atomic mass is 10.6. The van der Waals surface area contributed by atoms with E-state index in [0.29, 0.717) is 5.13 Å². The van der Waals surface area contributed by atoms with Gasteiger partial charge >= 0.3 is 5.13 Å². The second-order valence-corrected chi connectivity index (χ2v) is 4.32. The van der Waals surface area contributed by atoms with Crippen LogP contribution in [0.4, 0.5) is 5.13 Å². The molecule has 0 spiro atoms. The number of methoxy groups -OCH3 is 1. The van der Waals surface area contributed by atoms with Crippen LogP contribution in [0, 0.1) is 0 Å². The standard InChI is InChI=1S/C10H18N2O3S/c1-7(12-5-6-16-10(12)11)14-9(3)15-8(2)13-4/h5-9,11H,1-4H3/p+1. The van der Waals surface area contributed by atoms with Crippen molar-refractivity contribution in [1.29, 1.82) is 0 Å². The van der Waals surface area contributed by atoms with E-state index in [0.717, 1.165) is 0 Å². The van der Waals surface area contributed by atoms with Crippen molar-refractivity contribution in [3.63, 3.8) is 0 Å². The molecule has 0 aliphatic heterocycles. The molecule has 1 heterocycles. The van der Waals surface area contributed by atoms with Crippen LogP contribution < -0.4 is 10.3 Å². The van der Waals surface area contributed by atoms with Gasteiger partial charge in [-0.1, -0.05) is 11.3 Å². The van der Waals surface area contributed by atoms with Crippen LogP contribution >= 0.6 is 11.3 Å². The molecule has 0 aliphatic rings. The maximum atomic E-state index is 5.78. The van der Waals surface area contributed by atoms with Gasteiger partial charge in [0.05, 0.1) is 0 Å². The Kier molecular flexibility index (Phi) is 5.14. The second-order valence-electron chi connectivity index (χ2n) is 3.39. The van der Waals surface area contributed by atoms with Crippen LogP contribution in [0.1, 0.15) is 27.0 Å². The SMILES string of the molecule is COC(C)OC(C)OC(C)[n+]1ccsc1N. The Morgan fingerprint density at radius 3 is 2.44 bits per heavy atom. The van der Waals surface area contributed by atoms with E-state index in [4.69, 9.17) is 19.9 Å². The Morgan fingerprint density at radius 2 is 1.94 bits per heavy atom. The highest BCUT2D eigenvalue weighted by Crippen LogP contribution is 2.12. The predicted octanol–water partition coefficient (Wildman–Crippen LogP) is 1.51. The molecule has 2 N–H and O–H groups in total. The largest absolute Gasteiger partial charge is 0.356 e. The van der Waals surface area contributed by atoms with E-state index in [1.807, 2.05) is 36.9 Å². The molecule has 3 atom stereocenters. The number of hydrogen-bond acceptors (Lipinski definition) is 5. The lowest BCUT2D eigenvalue weighted by Crippen LogP contribution is -2.41. The maximum absolute atomic E-state index is 5.78. The quantitative estimate of drug-likeness (QED) is 0.611. The lowest BCUT2D eigenvalue weighted by Gasteiger charge is -2.20. The third-order valence-corrected chi connectivity index (χ3v) is 2.87. The molecule has 0 aromatic carbocycles. The van der Waals surface area contributed by atoms with Crippen molar-refractivity contribution in [1.82, 2.24) is 0 Å². The number of thiazole rings is 1. The summed E-state index contributed by atoms with van der Waals surface area (Å²) in [6, 6.07) is 0. The highest BCUT2D eigenvalue weighted by molar-refractivity contribution is 7.12. The highest BCUT2D eigenvalue weighted by atomic mass is 32.1. The van der Waals surface area contributed by atoms with Crippen LogP contribution in [0.25, 0.3) is 0 Å². The lowest BCUT2D eigenvalue weighted by molar-refractivity contribution is -0.748. The molecule has 0 saturated heterocycles. The van der Waals surface area contributed by atoms with E-state index >= 15 is 0 Å². The van der Waals surface area contributed by atoms with Gasteiger partial charge in [-0.2, -0.15) is 4.57 Å². The smallest absolute Gasteiger partial charge is 0.333 e. The van der Waals surface area contributed by atoms with Crippen molar-refractivity contribution in [2.75, 3.05) is 12.8 Å². The van der Waals surface area contributed by atoms with Gasteiger partial charge in [-0.05, 0) is 13.8 Å². The molecule has 3 unspecified atom stereocenters. The van der Waals surface area contributed by atoms with E-state index < -0.39 is 0 Å². The second kappa shape index (κ2) is 6.15. The number of nitrogens with zero attached hydrogens (tertiary/aromatic N) is 1. The number of anilines is 1. The molecule has 1 rings (SSSR count). The third-order valence-electron chi connectivity index (χ3n) is 2.16. The molecule has 0 amide bonds. The minimum absolute atomic E-state index is 0.162. The summed E-state index contributed by atoms with van der Waals surface area (Å²) in [5, 5.41) is 2.62. The molecule has 0 saturated carbocycles. The van der Waals surface area contributed by atoms with Gasteiger partial charge in [0, 0.05) is 19.4 Å². The first-order valence-corrected chi connectivity index (χ1v) is 6.00. The normalized spacial score (nSPS) is 17.0. The van der Waals surface area contributed by atoms with Crippen LogP contribution in [-0.2, 0) is 14.2 Å². The van der Waals surface area contributed by atoms with Crippen LogP contribution in [0.2, 0.25) is 0 Å². The maximum Gasteiger partial charge on any atom is 0.333 e. The summed E-state index contributed by atoms with van der Waals surface area (Å²) in [4.78, 5) is 0. The fourth-order valence-corrected chi connectivity index (χ4v) is 1.96. The number of ether oxygens (including phenoxy) is 3. The molecule has 0 bridgehead atoms. The molecular formula is C10H19N2O3S+. The molecule has 0 fully saturated rings. The van der Waals surface area contributed by atoms with Crippen molar-refractivity contribution >= 4 is 16.5 Å². The summed E-state index contributed by atoms with van der Waals surface area (Å²) < 4.78 is 17.9. The fourth-order valence-electron chi connectivity index (χ4n) is 1.30. The van der Waals surface area contributed by atoms with Crippen LogP contribution in [0.5, 0.6) is 0 Å². The average Bonchev–Trinajstić information content (AvgIpc) is 2.63. The molecule has 0 aliphatic carbocycles. The van der Waals surface area contributed by atoms with E-state index in [2.05, 4.69) is 0 Å². The first-order valence-electron chi connectivity index (χ1n) is 5.12. The Balaban J connectivity index is 2.45. The third kappa shape index (κ3) is 3.71. The van der Waals surface area contributed by atoms with E-state index in [-0.39, 0.29) is 18.8 Å². The zero-order valence-corrected chi connectivity index (χ0v) is 10.9. The van der Waals surface area contributed by atoms with Crippen molar-refractivity contribution in [3.8, 4) is 0 Å². The number of aromatic nitrogens is 1. The van der Waals surface area contributed by atoms with Crippen LogP contribution in [-0.4, -0.2) is 19.7 Å². The molecule has 16 heavy (non-hydrogen) atoms. The minimum Gasteiger partial charge on any atom is -0.356 e. The van der Waals surface area contributed by atoms with Gasteiger partial charge < -0.3 is 14.2 Å². The van der Waals surface area contributed by atoms with Gasteiger partial charge in [-0.15, -0.1) is 0 Å². The summed E-state index contributed by atoms with van der Waals surface area (Å²) in [5.41, 5.74) is 5.78. The predicted molar refractivity (Wildman–Crippen MR) is 61.7 cm³/mol. The summed E-state index contributed by atoms with van der Waals surface area (Å²) in [6.45, 7) is 5.56. The molecular weight excluding hydrogens is 228 g/mol. The zero-order chi connectivity index (χ0) is 12.1. The average molecular weight is 247 g/mol. The van der Waals surface area contributed by atoms with Gasteiger partial charge in [-0.3, -0.25) is 5.73 Å².